The molecule has 3 rings (SSSR count). The Kier molecular flexibility index (Phi) is 6.21. The molecule has 0 aliphatic heterocycles. The van der Waals surface area contributed by atoms with E-state index in [2.05, 4.69) is 45.9 Å². The van der Waals surface area contributed by atoms with E-state index in [0.29, 0.717) is 0 Å². The molecule has 0 fully saturated rings. The van der Waals surface area contributed by atoms with Crippen LogP contribution in [0, 0.1) is 0 Å². The standard InChI is InChI=1S/C22H24N2OS/c1-17(24(2)16-20-14-9-15-26-20)22(25)23-21(18-10-5-3-6-11-18)19-12-7-4-8-13-19/h3-15,17,21H,16H2,1-2H3,(H,23,25)/t17-/m0/s1. The van der Waals surface area contributed by atoms with Crippen LogP contribution in [0.1, 0.15) is 29.0 Å². The number of hydrogen-bond donors (Lipinski definition) is 1. The summed E-state index contributed by atoms with van der Waals surface area (Å²) in [4.78, 5) is 16.3. The summed E-state index contributed by atoms with van der Waals surface area (Å²) in [5.74, 6) is 0.0294. The van der Waals surface area contributed by atoms with Gasteiger partial charge in [-0.3, -0.25) is 9.69 Å². The summed E-state index contributed by atoms with van der Waals surface area (Å²) in [6.07, 6.45) is 0. The highest BCUT2D eigenvalue weighted by Crippen LogP contribution is 2.22. The van der Waals surface area contributed by atoms with E-state index in [1.807, 2.05) is 56.4 Å². The van der Waals surface area contributed by atoms with Crippen molar-refractivity contribution < 1.29 is 4.79 Å². The van der Waals surface area contributed by atoms with Gasteiger partial charge in [-0.2, -0.15) is 0 Å². The molecule has 2 aromatic carbocycles. The second-order valence-corrected chi connectivity index (χ2v) is 7.47. The third-order valence-electron chi connectivity index (χ3n) is 4.58. The van der Waals surface area contributed by atoms with E-state index in [0.717, 1.165) is 17.7 Å². The zero-order valence-electron chi connectivity index (χ0n) is 15.1. The van der Waals surface area contributed by atoms with Gasteiger partial charge in [0.15, 0.2) is 0 Å². The Morgan fingerprint density at radius 3 is 2.04 bits per heavy atom. The van der Waals surface area contributed by atoms with Crippen molar-refractivity contribution in [3.8, 4) is 0 Å². The van der Waals surface area contributed by atoms with E-state index in [4.69, 9.17) is 0 Å². The number of benzene rings is 2. The van der Waals surface area contributed by atoms with Crippen LogP contribution in [0.4, 0.5) is 0 Å². The van der Waals surface area contributed by atoms with Crippen LogP contribution in [0.25, 0.3) is 0 Å². The van der Waals surface area contributed by atoms with Gasteiger partial charge in [0.05, 0.1) is 12.1 Å². The lowest BCUT2D eigenvalue weighted by molar-refractivity contribution is -0.126. The molecular formula is C22H24N2OS. The minimum absolute atomic E-state index is 0.0294. The number of carbonyl (C=O) groups is 1. The first-order valence-electron chi connectivity index (χ1n) is 8.78. The summed E-state index contributed by atoms with van der Waals surface area (Å²) in [6, 6.07) is 24.0. The van der Waals surface area contributed by atoms with Gasteiger partial charge in [-0.05, 0) is 36.5 Å². The van der Waals surface area contributed by atoms with Gasteiger partial charge in [-0.15, -0.1) is 11.3 Å². The summed E-state index contributed by atoms with van der Waals surface area (Å²) in [6.45, 7) is 2.73. The van der Waals surface area contributed by atoms with E-state index < -0.39 is 0 Å². The fourth-order valence-corrected chi connectivity index (χ4v) is 3.67. The molecular weight excluding hydrogens is 340 g/mol. The average molecular weight is 365 g/mol. The van der Waals surface area contributed by atoms with Crippen LogP contribution in [0.15, 0.2) is 78.2 Å². The number of hydrogen-bond acceptors (Lipinski definition) is 3. The Bertz CT molecular complexity index is 763. The molecule has 3 aromatic rings. The summed E-state index contributed by atoms with van der Waals surface area (Å²) >= 11 is 1.71. The molecule has 0 saturated carbocycles. The molecule has 1 atom stereocenters. The van der Waals surface area contributed by atoms with Crippen LogP contribution in [0.3, 0.4) is 0 Å². The highest BCUT2D eigenvalue weighted by atomic mass is 32.1. The van der Waals surface area contributed by atoms with Gasteiger partial charge in [0.2, 0.25) is 5.91 Å². The molecule has 0 spiro atoms. The maximum absolute atomic E-state index is 12.9. The van der Waals surface area contributed by atoms with Crippen LogP contribution in [0.5, 0.6) is 0 Å². The van der Waals surface area contributed by atoms with Crippen LogP contribution >= 0.6 is 11.3 Å². The summed E-state index contributed by atoms with van der Waals surface area (Å²) in [7, 11) is 1.99. The lowest BCUT2D eigenvalue weighted by Gasteiger charge is -2.27. The molecule has 1 N–H and O–H groups in total. The van der Waals surface area contributed by atoms with E-state index in [1.165, 1.54) is 4.88 Å². The van der Waals surface area contributed by atoms with Crippen molar-refractivity contribution in [2.75, 3.05) is 7.05 Å². The van der Waals surface area contributed by atoms with Gasteiger partial charge in [-0.1, -0.05) is 66.7 Å². The maximum atomic E-state index is 12.9. The van der Waals surface area contributed by atoms with Crippen molar-refractivity contribution in [2.24, 2.45) is 0 Å². The van der Waals surface area contributed by atoms with Crippen molar-refractivity contribution in [3.63, 3.8) is 0 Å². The second-order valence-electron chi connectivity index (χ2n) is 6.43. The van der Waals surface area contributed by atoms with Crippen molar-refractivity contribution in [1.82, 2.24) is 10.2 Å². The van der Waals surface area contributed by atoms with Crippen LogP contribution in [-0.4, -0.2) is 23.9 Å². The molecule has 0 unspecified atom stereocenters. The number of likely N-dealkylation sites (N-methyl/N-ethyl adjacent to an activating group) is 1. The number of carbonyl (C=O) groups excluding carboxylic acids is 1. The molecule has 3 nitrogen and oxygen atoms in total. The highest BCUT2D eigenvalue weighted by Gasteiger charge is 2.23. The molecule has 26 heavy (non-hydrogen) atoms. The largest absolute Gasteiger partial charge is 0.344 e. The molecule has 0 radical (unpaired) electrons. The van der Waals surface area contributed by atoms with E-state index in [1.54, 1.807) is 11.3 Å². The van der Waals surface area contributed by atoms with Gasteiger partial charge >= 0.3 is 0 Å². The number of thiophene rings is 1. The van der Waals surface area contributed by atoms with E-state index >= 15 is 0 Å². The minimum atomic E-state index is -0.216. The van der Waals surface area contributed by atoms with Crippen molar-refractivity contribution in [1.29, 1.82) is 0 Å². The molecule has 0 saturated heterocycles. The summed E-state index contributed by atoms with van der Waals surface area (Å²) in [5.41, 5.74) is 2.17. The zero-order valence-corrected chi connectivity index (χ0v) is 15.9. The normalized spacial score (nSPS) is 12.3. The SMILES string of the molecule is C[C@@H](C(=O)NC(c1ccccc1)c1ccccc1)N(C)Cc1cccs1. The van der Waals surface area contributed by atoms with Gasteiger partial charge < -0.3 is 5.32 Å². The fourth-order valence-electron chi connectivity index (χ4n) is 2.90. The first-order chi connectivity index (χ1) is 12.6. The second kappa shape index (κ2) is 8.79. The molecule has 4 heteroatoms. The predicted octanol–water partition coefficient (Wildman–Crippen LogP) is 4.47. The fraction of sp³-hybridized carbons (Fsp3) is 0.227. The number of nitrogens with zero attached hydrogens (tertiary/aromatic N) is 1. The van der Waals surface area contributed by atoms with Gasteiger partial charge in [0, 0.05) is 11.4 Å². The lowest BCUT2D eigenvalue weighted by atomic mass is 9.98. The minimum Gasteiger partial charge on any atom is -0.344 e. The zero-order chi connectivity index (χ0) is 18.4. The molecule has 1 aromatic heterocycles. The number of rotatable bonds is 7. The molecule has 134 valence electrons. The summed E-state index contributed by atoms with van der Waals surface area (Å²) in [5, 5.41) is 5.30. The predicted molar refractivity (Wildman–Crippen MR) is 108 cm³/mol. The molecule has 0 aliphatic rings. The monoisotopic (exact) mass is 364 g/mol. The van der Waals surface area contributed by atoms with Gasteiger partial charge in [0.25, 0.3) is 0 Å². The topological polar surface area (TPSA) is 32.3 Å². The Hall–Kier alpha value is -2.43. The van der Waals surface area contributed by atoms with Crippen LogP contribution in [0.2, 0.25) is 0 Å². The smallest absolute Gasteiger partial charge is 0.237 e. The first-order valence-corrected chi connectivity index (χ1v) is 9.66. The number of nitrogens with one attached hydrogen (secondary N) is 1. The average Bonchev–Trinajstić information content (AvgIpc) is 3.19. The van der Waals surface area contributed by atoms with Gasteiger partial charge in [-0.25, -0.2) is 0 Å². The molecule has 0 aliphatic carbocycles. The van der Waals surface area contributed by atoms with Crippen molar-refractivity contribution in [3.05, 3.63) is 94.2 Å². The Morgan fingerprint density at radius 1 is 0.962 bits per heavy atom. The van der Waals surface area contributed by atoms with Crippen molar-refractivity contribution in [2.45, 2.75) is 25.6 Å². The van der Waals surface area contributed by atoms with Gasteiger partial charge in [0.1, 0.15) is 0 Å². The lowest BCUT2D eigenvalue weighted by Crippen LogP contribution is -2.44. The Morgan fingerprint density at radius 2 is 1.54 bits per heavy atom. The maximum Gasteiger partial charge on any atom is 0.237 e. The molecule has 0 bridgehead atoms. The quantitative estimate of drug-likeness (QED) is 0.671. The van der Waals surface area contributed by atoms with E-state index in [-0.39, 0.29) is 18.0 Å². The van der Waals surface area contributed by atoms with Crippen LogP contribution < -0.4 is 5.32 Å². The highest BCUT2D eigenvalue weighted by molar-refractivity contribution is 7.09. The van der Waals surface area contributed by atoms with Crippen molar-refractivity contribution >= 4 is 17.2 Å². The molecule has 1 amide bonds. The Balaban J connectivity index is 1.74. The van der Waals surface area contributed by atoms with Crippen LogP contribution in [-0.2, 0) is 11.3 Å². The number of amides is 1. The van der Waals surface area contributed by atoms with E-state index in [9.17, 15) is 4.79 Å². The summed E-state index contributed by atoms with van der Waals surface area (Å²) < 4.78 is 0. The first kappa shape index (κ1) is 18.4. The Labute approximate surface area is 159 Å². The molecule has 1 heterocycles. The third kappa shape index (κ3) is 4.59. The third-order valence-corrected chi connectivity index (χ3v) is 5.44.